The molecule has 0 spiro atoms. The lowest BCUT2D eigenvalue weighted by atomic mass is 10.2. The highest BCUT2D eigenvalue weighted by atomic mass is 35.5. The summed E-state index contributed by atoms with van der Waals surface area (Å²) < 4.78 is 5.66. The number of thioether (sulfide) groups is 1. The van der Waals surface area contributed by atoms with Crippen LogP contribution in [0.4, 0.5) is 0 Å². The zero-order valence-electron chi connectivity index (χ0n) is 11.2. The van der Waals surface area contributed by atoms with Crippen molar-refractivity contribution in [2.75, 3.05) is 0 Å². The SMILES string of the molecule is Clc1ccc(CSCc2nnc(-c3ccccc3)o2)cc1. The van der Waals surface area contributed by atoms with Crippen LogP contribution in [0, 0.1) is 0 Å². The monoisotopic (exact) mass is 316 g/mol. The molecule has 0 unspecified atom stereocenters. The maximum Gasteiger partial charge on any atom is 0.247 e. The zero-order valence-corrected chi connectivity index (χ0v) is 12.8. The molecule has 2 aromatic carbocycles. The summed E-state index contributed by atoms with van der Waals surface area (Å²) in [4.78, 5) is 0. The molecule has 0 amide bonds. The van der Waals surface area contributed by atoms with Crippen molar-refractivity contribution in [1.82, 2.24) is 10.2 Å². The number of hydrogen-bond donors (Lipinski definition) is 0. The summed E-state index contributed by atoms with van der Waals surface area (Å²) in [6.45, 7) is 0. The summed E-state index contributed by atoms with van der Waals surface area (Å²) >= 11 is 7.60. The molecule has 21 heavy (non-hydrogen) atoms. The Hall–Kier alpha value is -1.78. The first kappa shape index (κ1) is 14.2. The highest BCUT2D eigenvalue weighted by Crippen LogP contribution is 2.22. The number of rotatable bonds is 5. The number of nitrogens with zero attached hydrogens (tertiary/aromatic N) is 2. The minimum absolute atomic E-state index is 0.567. The Bertz CT molecular complexity index is 698. The van der Waals surface area contributed by atoms with Crippen molar-refractivity contribution in [2.24, 2.45) is 0 Å². The van der Waals surface area contributed by atoms with E-state index in [0.717, 1.165) is 16.3 Å². The van der Waals surface area contributed by atoms with Crippen LogP contribution in [-0.2, 0) is 11.5 Å². The van der Waals surface area contributed by atoms with E-state index in [-0.39, 0.29) is 0 Å². The minimum atomic E-state index is 0.567. The minimum Gasteiger partial charge on any atom is -0.420 e. The van der Waals surface area contributed by atoms with Crippen LogP contribution < -0.4 is 0 Å². The van der Waals surface area contributed by atoms with Gasteiger partial charge in [-0.2, -0.15) is 0 Å². The predicted molar refractivity (Wildman–Crippen MR) is 86.2 cm³/mol. The summed E-state index contributed by atoms with van der Waals surface area (Å²) in [5, 5.41) is 8.91. The van der Waals surface area contributed by atoms with E-state index >= 15 is 0 Å². The van der Waals surface area contributed by atoms with E-state index in [1.54, 1.807) is 11.8 Å². The molecule has 0 aliphatic heterocycles. The Balaban J connectivity index is 1.57. The lowest BCUT2D eigenvalue weighted by molar-refractivity contribution is 0.528. The number of aromatic nitrogens is 2. The fourth-order valence-corrected chi connectivity index (χ4v) is 2.79. The summed E-state index contributed by atoms with van der Waals surface area (Å²) in [6.07, 6.45) is 0. The Morgan fingerprint density at radius 3 is 2.43 bits per heavy atom. The molecular formula is C16H13ClN2OS. The van der Waals surface area contributed by atoms with E-state index in [4.69, 9.17) is 16.0 Å². The van der Waals surface area contributed by atoms with Gasteiger partial charge in [0.1, 0.15) is 0 Å². The number of benzene rings is 2. The van der Waals surface area contributed by atoms with Gasteiger partial charge in [-0.1, -0.05) is 41.9 Å². The van der Waals surface area contributed by atoms with Gasteiger partial charge in [0, 0.05) is 16.3 Å². The molecule has 3 rings (SSSR count). The van der Waals surface area contributed by atoms with Gasteiger partial charge in [0.2, 0.25) is 11.8 Å². The summed E-state index contributed by atoms with van der Waals surface area (Å²) in [5.41, 5.74) is 2.17. The third-order valence-electron chi connectivity index (χ3n) is 2.90. The summed E-state index contributed by atoms with van der Waals surface area (Å²) in [7, 11) is 0. The molecule has 3 nitrogen and oxygen atoms in total. The van der Waals surface area contributed by atoms with Crippen LogP contribution >= 0.6 is 23.4 Å². The third-order valence-corrected chi connectivity index (χ3v) is 4.14. The van der Waals surface area contributed by atoms with Gasteiger partial charge in [0.25, 0.3) is 0 Å². The lowest BCUT2D eigenvalue weighted by Gasteiger charge is -1.99. The Morgan fingerprint density at radius 2 is 1.67 bits per heavy atom. The van der Waals surface area contributed by atoms with Crippen molar-refractivity contribution in [3.63, 3.8) is 0 Å². The first-order valence-corrected chi connectivity index (χ1v) is 8.04. The maximum atomic E-state index is 5.86. The number of hydrogen-bond acceptors (Lipinski definition) is 4. The van der Waals surface area contributed by atoms with Gasteiger partial charge in [-0.05, 0) is 29.8 Å². The molecule has 5 heteroatoms. The second-order valence-corrected chi connectivity index (χ2v) is 5.91. The van der Waals surface area contributed by atoms with Crippen molar-refractivity contribution < 1.29 is 4.42 Å². The summed E-state index contributed by atoms with van der Waals surface area (Å²) in [5.74, 6) is 2.80. The smallest absolute Gasteiger partial charge is 0.247 e. The van der Waals surface area contributed by atoms with Gasteiger partial charge >= 0.3 is 0 Å². The predicted octanol–water partition coefficient (Wildman–Crippen LogP) is 4.82. The average molecular weight is 317 g/mol. The standard InChI is InChI=1S/C16H13ClN2OS/c17-14-8-6-12(7-9-14)10-21-11-15-18-19-16(20-15)13-4-2-1-3-5-13/h1-9H,10-11H2. The van der Waals surface area contributed by atoms with Crippen molar-refractivity contribution >= 4 is 23.4 Å². The average Bonchev–Trinajstić information content (AvgIpc) is 2.99. The molecule has 0 fully saturated rings. The molecule has 0 bridgehead atoms. The van der Waals surface area contributed by atoms with Crippen LogP contribution in [0.1, 0.15) is 11.5 Å². The van der Waals surface area contributed by atoms with Crippen molar-refractivity contribution in [3.05, 3.63) is 71.1 Å². The molecule has 0 saturated heterocycles. The van der Waals surface area contributed by atoms with E-state index in [1.165, 1.54) is 5.56 Å². The van der Waals surface area contributed by atoms with Crippen LogP contribution in [0.2, 0.25) is 5.02 Å². The Morgan fingerprint density at radius 1 is 0.905 bits per heavy atom. The highest BCUT2D eigenvalue weighted by Gasteiger charge is 2.07. The first-order chi connectivity index (χ1) is 10.3. The fourth-order valence-electron chi connectivity index (χ4n) is 1.85. The molecule has 0 N–H and O–H groups in total. The van der Waals surface area contributed by atoms with E-state index < -0.39 is 0 Å². The van der Waals surface area contributed by atoms with E-state index in [1.807, 2.05) is 54.6 Å². The van der Waals surface area contributed by atoms with Gasteiger partial charge < -0.3 is 4.42 Å². The fraction of sp³-hybridized carbons (Fsp3) is 0.125. The molecule has 0 radical (unpaired) electrons. The second-order valence-electron chi connectivity index (χ2n) is 4.49. The van der Waals surface area contributed by atoms with Gasteiger partial charge in [-0.3, -0.25) is 0 Å². The quantitative estimate of drug-likeness (QED) is 0.676. The van der Waals surface area contributed by atoms with Crippen LogP contribution in [-0.4, -0.2) is 10.2 Å². The van der Waals surface area contributed by atoms with Crippen LogP contribution in [0.25, 0.3) is 11.5 Å². The van der Waals surface area contributed by atoms with Gasteiger partial charge in [0.15, 0.2) is 0 Å². The van der Waals surface area contributed by atoms with Gasteiger partial charge in [0.05, 0.1) is 5.75 Å². The molecular weight excluding hydrogens is 304 g/mol. The molecule has 1 aromatic heterocycles. The van der Waals surface area contributed by atoms with E-state index in [2.05, 4.69) is 10.2 Å². The third kappa shape index (κ3) is 3.86. The summed E-state index contributed by atoms with van der Waals surface area (Å²) in [6, 6.07) is 17.6. The van der Waals surface area contributed by atoms with E-state index in [9.17, 15) is 0 Å². The Kier molecular flexibility index (Phi) is 4.58. The van der Waals surface area contributed by atoms with Crippen molar-refractivity contribution in [2.45, 2.75) is 11.5 Å². The molecule has 0 atom stereocenters. The zero-order chi connectivity index (χ0) is 14.5. The van der Waals surface area contributed by atoms with Crippen LogP contribution in [0.15, 0.2) is 59.0 Å². The molecule has 0 saturated carbocycles. The maximum absolute atomic E-state index is 5.86. The topological polar surface area (TPSA) is 38.9 Å². The van der Waals surface area contributed by atoms with Gasteiger partial charge in [-0.15, -0.1) is 22.0 Å². The lowest BCUT2D eigenvalue weighted by Crippen LogP contribution is -1.83. The van der Waals surface area contributed by atoms with Crippen LogP contribution in [0.3, 0.4) is 0 Å². The number of halogens is 1. The van der Waals surface area contributed by atoms with Crippen molar-refractivity contribution in [1.29, 1.82) is 0 Å². The highest BCUT2D eigenvalue weighted by molar-refractivity contribution is 7.97. The van der Waals surface area contributed by atoms with Crippen molar-refractivity contribution in [3.8, 4) is 11.5 Å². The largest absolute Gasteiger partial charge is 0.420 e. The Labute approximate surface area is 132 Å². The van der Waals surface area contributed by atoms with Crippen LogP contribution in [0.5, 0.6) is 0 Å². The van der Waals surface area contributed by atoms with E-state index in [0.29, 0.717) is 17.5 Å². The molecule has 0 aliphatic carbocycles. The normalized spacial score (nSPS) is 10.7. The first-order valence-electron chi connectivity index (χ1n) is 6.51. The molecule has 1 heterocycles. The molecule has 0 aliphatic rings. The van der Waals surface area contributed by atoms with Gasteiger partial charge in [-0.25, -0.2) is 0 Å². The molecule has 3 aromatic rings. The second kappa shape index (κ2) is 6.78. The molecule has 106 valence electrons.